The Hall–Kier alpha value is -3.72. The molecule has 8 nitrogen and oxygen atoms in total. The van der Waals surface area contributed by atoms with E-state index in [9.17, 15) is 19.5 Å². The van der Waals surface area contributed by atoms with E-state index in [1.54, 1.807) is 44.2 Å². The largest absolute Gasteiger partial charge is 0.505 e. The molecule has 1 aliphatic heterocycles. The Morgan fingerprint density at radius 3 is 2.40 bits per heavy atom. The number of esters is 2. The van der Waals surface area contributed by atoms with Crippen molar-refractivity contribution in [3.8, 4) is 0 Å². The van der Waals surface area contributed by atoms with Crippen molar-refractivity contribution in [2.24, 2.45) is 0 Å². The molecule has 0 fully saturated rings. The van der Waals surface area contributed by atoms with Gasteiger partial charge in [0.15, 0.2) is 11.5 Å². The number of fused-ring (bicyclic) bond motifs is 1. The lowest BCUT2D eigenvalue weighted by Crippen LogP contribution is -2.29. The second-order valence-corrected chi connectivity index (χ2v) is 9.08. The maximum Gasteiger partial charge on any atom is 0.345 e. The summed E-state index contributed by atoms with van der Waals surface area (Å²) < 4.78 is 10.4. The van der Waals surface area contributed by atoms with Gasteiger partial charge in [0.2, 0.25) is 0 Å². The predicted octanol–water partition coefficient (Wildman–Crippen LogP) is 4.74. The first-order valence-electron chi connectivity index (χ1n) is 11.5. The number of rotatable bonds is 7. The topological polar surface area (TPSA) is 117 Å². The molecule has 1 aromatic heterocycles. The summed E-state index contributed by atoms with van der Waals surface area (Å²) in [6, 6.07) is 8.47. The van der Waals surface area contributed by atoms with Gasteiger partial charge in [0, 0.05) is 16.5 Å². The summed E-state index contributed by atoms with van der Waals surface area (Å²) in [7, 11) is 0. The van der Waals surface area contributed by atoms with Gasteiger partial charge in [0.1, 0.15) is 16.4 Å². The lowest BCUT2D eigenvalue weighted by Gasteiger charge is -2.21. The van der Waals surface area contributed by atoms with Crippen molar-refractivity contribution >= 4 is 39.9 Å². The number of allylic oxidation sites excluding steroid dienone is 1. The molecule has 35 heavy (non-hydrogen) atoms. The Morgan fingerprint density at radius 2 is 1.71 bits per heavy atom. The van der Waals surface area contributed by atoms with Crippen LogP contribution >= 0.6 is 11.3 Å². The minimum absolute atomic E-state index is 0.0479. The molecule has 2 heterocycles. The van der Waals surface area contributed by atoms with Gasteiger partial charge >= 0.3 is 11.9 Å². The maximum absolute atomic E-state index is 13.0. The van der Waals surface area contributed by atoms with E-state index in [4.69, 9.17) is 14.9 Å². The highest BCUT2D eigenvalue weighted by atomic mass is 32.1. The van der Waals surface area contributed by atoms with Gasteiger partial charge in [0.05, 0.1) is 24.5 Å². The number of carbonyl (C=O) groups is 3. The smallest absolute Gasteiger partial charge is 0.345 e. The van der Waals surface area contributed by atoms with Gasteiger partial charge in [-0.15, -0.1) is 11.3 Å². The summed E-state index contributed by atoms with van der Waals surface area (Å²) in [5, 5.41) is 20.2. The number of ether oxygens (including phenoxy) is 2. The minimum Gasteiger partial charge on any atom is -0.505 e. The van der Waals surface area contributed by atoms with Crippen molar-refractivity contribution < 1.29 is 29.0 Å². The van der Waals surface area contributed by atoms with Crippen molar-refractivity contribution in [3.63, 3.8) is 0 Å². The number of amidine groups is 1. The van der Waals surface area contributed by atoms with E-state index < -0.39 is 23.5 Å². The van der Waals surface area contributed by atoms with Crippen molar-refractivity contribution in [2.75, 3.05) is 18.1 Å². The number of hydrogen-bond acceptors (Lipinski definition) is 8. The van der Waals surface area contributed by atoms with Crippen LogP contribution in [0, 0.1) is 5.41 Å². The standard InChI is InChI=1S/C26H26N2O6S/c1-3-33-25(31)20-16-12-8-9-13-19(16)35-24(20)28-17(14-18(29)15-10-6-5-7-11-15)22(30)21(23(28)27)26(32)34-4-2/h5-7,10-11,14,27,30H,3-4,8-9,12-13H2,1-2H3/b17-14+,27-23?. The summed E-state index contributed by atoms with van der Waals surface area (Å²) >= 11 is 1.32. The van der Waals surface area contributed by atoms with Crippen LogP contribution in [0.15, 0.2) is 53.4 Å². The Balaban J connectivity index is 1.90. The van der Waals surface area contributed by atoms with E-state index in [0.29, 0.717) is 22.5 Å². The number of nitrogens with one attached hydrogen (secondary N) is 1. The molecule has 1 aromatic carbocycles. The molecule has 2 aromatic rings. The van der Waals surface area contributed by atoms with Crippen molar-refractivity contribution in [3.05, 3.63) is 75.0 Å². The van der Waals surface area contributed by atoms with Crippen molar-refractivity contribution in [2.45, 2.75) is 39.5 Å². The van der Waals surface area contributed by atoms with Crippen LogP contribution < -0.4 is 4.90 Å². The highest BCUT2D eigenvalue weighted by molar-refractivity contribution is 7.17. The molecule has 9 heteroatoms. The zero-order chi connectivity index (χ0) is 25.1. The number of hydrogen-bond donors (Lipinski definition) is 2. The number of carbonyl (C=O) groups excluding carboxylic acids is 3. The molecule has 0 radical (unpaired) electrons. The molecule has 0 unspecified atom stereocenters. The fourth-order valence-electron chi connectivity index (χ4n) is 4.25. The highest BCUT2D eigenvalue weighted by Crippen LogP contribution is 2.45. The lowest BCUT2D eigenvalue weighted by molar-refractivity contribution is -0.138. The quantitative estimate of drug-likeness (QED) is 0.324. The molecule has 0 amide bonds. The Labute approximate surface area is 207 Å². The van der Waals surface area contributed by atoms with Crippen LogP contribution in [0.1, 0.15) is 57.8 Å². The number of aliphatic hydroxyl groups excluding tert-OH is 1. The van der Waals surface area contributed by atoms with Crippen molar-refractivity contribution in [1.29, 1.82) is 5.41 Å². The molecule has 0 bridgehead atoms. The number of aryl methyl sites for hydroxylation is 1. The van der Waals surface area contributed by atoms with Crippen LogP contribution in [0.4, 0.5) is 5.00 Å². The minimum atomic E-state index is -0.880. The first kappa shape index (κ1) is 24.4. The van der Waals surface area contributed by atoms with E-state index in [1.807, 2.05) is 0 Å². The molecular weight excluding hydrogens is 468 g/mol. The van der Waals surface area contributed by atoms with Gasteiger partial charge in [-0.3, -0.25) is 15.1 Å². The summed E-state index contributed by atoms with van der Waals surface area (Å²) in [6.45, 7) is 3.55. The third-order valence-electron chi connectivity index (χ3n) is 5.82. The van der Waals surface area contributed by atoms with Gasteiger partial charge in [-0.1, -0.05) is 30.3 Å². The number of benzene rings is 1. The summed E-state index contributed by atoms with van der Waals surface area (Å²) in [5.74, 6) is -2.74. The van der Waals surface area contributed by atoms with Crippen LogP contribution in [0.5, 0.6) is 0 Å². The van der Waals surface area contributed by atoms with E-state index in [1.165, 1.54) is 22.3 Å². The second-order valence-electron chi connectivity index (χ2n) is 8.00. The van der Waals surface area contributed by atoms with Gasteiger partial charge < -0.3 is 14.6 Å². The molecule has 2 aliphatic rings. The number of aliphatic hydroxyl groups is 1. The van der Waals surface area contributed by atoms with Gasteiger partial charge in [0.25, 0.3) is 0 Å². The average Bonchev–Trinajstić information content (AvgIpc) is 3.34. The summed E-state index contributed by atoms with van der Waals surface area (Å²) in [5.41, 5.74) is 1.13. The fraction of sp³-hybridized carbons (Fsp3) is 0.308. The Bertz CT molecular complexity index is 1260. The van der Waals surface area contributed by atoms with Crippen LogP contribution in [0.2, 0.25) is 0 Å². The molecule has 2 N–H and O–H groups in total. The highest BCUT2D eigenvalue weighted by Gasteiger charge is 2.42. The second kappa shape index (κ2) is 10.3. The van der Waals surface area contributed by atoms with E-state index in [-0.39, 0.29) is 30.3 Å². The third kappa shape index (κ3) is 4.51. The molecule has 0 saturated carbocycles. The van der Waals surface area contributed by atoms with E-state index in [0.717, 1.165) is 29.7 Å². The SMILES string of the molecule is CCOC(=O)C1=C(O)/C(=C\C(=O)c2ccccc2)N(c2sc3c(c2C(=O)OCC)CCCC3)C1=N. The molecule has 4 rings (SSSR count). The molecule has 0 spiro atoms. The molecule has 182 valence electrons. The monoisotopic (exact) mass is 494 g/mol. The van der Waals surface area contributed by atoms with E-state index in [2.05, 4.69) is 0 Å². The average molecular weight is 495 g/mol. The van der Waals surface area contributed by atoms with Crippen LogP contribution in [0.3, 0.4) is 0 Å². The van der Waals surface area contributed by atoms with Gasteiger partial charge in [-0.2, -0.15) is 0 Å². The molecule has 0 saturated heterocycles. The number of anilines is 1. The predicted molar refractivity (Wildman–Crippen MR) is 132 cm³/mol. The summed E-state index contributed by atoms with van der Waals surface area (Å²) in [6.07, 6.45) is 4.53. The third-order valence-corrected chi connectivity index (χ3v) is 7.10. The zero-order valence-electron chi connectivity index (χ0n) is 19.6. The van der Waals surface area contributed by atoms with Crippen molar-refractivity contribution in [1.82, 2.24) is 0 Å². The molecular formula is C26H26N2O6S. The normalized spacial score (nSPS) is 16.5. The number of thiophene rings is 1. The first-order chi connectivity index (χ1) is 16.9. The first-order valence-corrected chi connectivity index (χ1v) is 12.3. The fourth-order valence-corrected chi connectivity index (χ4v) is 5.65. The molecule has 1 aliphatic carbocycles. The maximum atomic E-state index is 13.0. The molecule has 0 atom stereocenters. The van der Waals surface area contributed by atoms with E-state index >= 15 is 0 Å². The Kier molecular flexibility index (Phi) is 7.16. The van der Waals surface area contributed by atoms with Gasteiger partial charge in [-0.05, 0) is 45.1 Å². The van der Waals surface area contributed by atoms with Crippen LogP contribution in [0.25, 0.3) is 0 Å². The van der Waals surface area contributed by atoms with Crippen LogP contribution in [-0.2, 0) is 27.1 Å². The Morgan fingerprint density at radius 1 is 1.06 bits per heavy atom. The van der Waals surface area contributed by atoms with Gasteiger partial charge in [-0.25, -0.2) is 9.59 Å². The number of nitrogens with zero attached hydrogens (tertiary/aromatic N) is 1. The van der Waals surface area contributed by atoms with Crippen LogP contribution in [-0.4, -0.2) is 41.9 Å². The zero-order valence-corrected chi connectivity index (χ0v) is 20.4. The summed E-state index contributed by atoms with van der Waals surface area (Å²) in [4.78, 5) is 41.0. The number of ketones is 1. The lowest BCUT2D eigenvalue weighted by atomic mass is 9.95.